The highest BCUT2D eigenvalue weighted by molar-refractivity contribution is 5.19. The van der Waals surface area contributed by atoms with Gasteiger partial charge in [-0.3, -0.25) is 0 Å². The van der Waals surface area contributed by atoms with E-state index < -0.39 is 17.5 Å². The Labute approximate surface area is 168 Å². The van der Waals surface area contributed by atoms with Gasteiger partial charge in [-0.15, -0.1) is 0 Å². The molecule has 0 unspecified atom stereocenters. The van der Waals surface area contributed by atoms with Crippen molar-refractivity contribution in [1.82, 2.24) is 0 Å². The van der Waals surface area contributed by atoms with Crippen molar-refractivity contribution in [1.29, 1.82) is 0 Å². The lowest BCUT2D eigenvalue weighted by Gasteiger charge is -2.38. The first-order valence-electron chi connectivity index (χ1n) is 11.3. The predicted octanol–water partition coefficient (Wildman–Crippen LogP) is 8.01. The summed E-state index contributed by atoms with van der Waals surface area (Å²) in [6, 6.07) is 2.30. The summed E-state index contributed by atoms with van der Waals surface area (Å²) in [6.07, 6.45) is 19.4. The van der Waals surface area contributed by atoms with Crippen LogP contribution in [0.5, 0.6) is 0 Å². The van der Waals surface area contributed by atoms with Gasteiger partial charge in [0.1, 0.15) is 0 Å². The summed E-state index contributed by atoms with van der Waals surface area (Å²) in [5, 5.41) is 0. The van der Waals surface area contributed by atoms with Crippen LogP contribution in [0.15, 0.2) is 24.3 Å². The molecule has 1 aromatic carbocycles. The highest BCUT2D eigenvalue weighted by Crippen LogP contribution is 2.43. The van der Waals surface area contributed by atoms with Crippen LogP contribution in [0.2, 0.25) is 0 Å². The summed E-state index contributed by atoms with van der Waals surface area (Å²) in [5.74, 6) is -0.126. The number of allylic oxidation sites excluding steroid dienone is 2. The van der Waals surface area contributed by atoms with Crippen molar-refractivity contribution < 1.29 is 13.2 Å². The van der Waals surface area contributed by atoms with Crippen LogP contribution < -0.4 is 0 Å². The van der Waals surface area contributed by atoms with Gasteiger partial charge in [0.25, 0.3) is 0 Å². The van der Waals surface area contributed by atoms with Gasteiger partial charge in [0, 0.05) is 0 Å². The molecule has 0 amide bonds. The van der Waals surface area contributed by atoms with Crippen molar-refractivity contribution in [2.75, 3.05) is 0 Å². The topological polar surface area (TPSA) is 0 Å². The Morgan fingerprint density at radius 3 is 1.79 bits per heavy atom. The molecule has 0 nitrogen and oxygen atoms in total. The van der Waals surface area contributed by atoms with Crippen LogP contribution in [0.4, 0.5) is 13.2 Å². The van der Waals surface area contributed by atoms with E-state index in [0.717, 1.165) is 36.3 Å². The highest BCUT2D eigenvalue weighted by atomic mass is 19.2. The van der Waals surface area contributed by atoms with Gasteiger partial charge >= 0.3 is 0 Å². The van der Waals surface area contributed by atoms with Crippen LogP contribution in [0.3, 0.4) is 0 Å². The quantitative estimate of drug-likeness (QED) is 0.326. The van der Waals surface area contributed by atoms with Gasteiger partial charge in [-0.25, -0.2) is 13.2 Å². The third-order valence-electron chi connectivity index (χ3n) is 7.31. The zero-order valence-electron chi connectivity index (χ0n) is 17.2. The van der Waals surface area contributed by atoms with Crippen molar-refractivity contribution in [3.05, 3.63) is 47.3 Å². The van der Waals surface area contributed by atoms with Crippen LogP contribution in [0, 0.1) is 41.1 Å². The summed E-state index contributed by atoms with van der Waals surface area (Å²) in [7, 11) is 0. The second-order valence-electron chi connectivity index (χ2n) is 9.12. The second-order valence-corrected chi connectivity index (χ2v) is 9.12. The molecule has 156 valence electrons. The summed E-state index contributed by atoms with van der Waals surface area (Å²) in [6.45, 7) is 2.10. The maximum atomic E-state index is 13.4. The van der Waals surface area contributed by atoms with E-state index in [-0.39, 0.29) is 0 Å². The van der Waals surface area contributed by atoms with Gasteiger partial charge in [-0.05, 0) is 99.7 Å². The summed E-state index contributed by atoms with van der Waals surface area (Å²) in [4.78, 5) is 0. The molecule has 1 aromatic rings. The minimum Gasteiger partial charge on any atom is -0.204 e. The van der Waals surface area contributed by atoms with Crippen LogP contribution in [-0.2, 0) is 6.42 Å². The molecule has 0 heterocycles. The highest BCUT2D eigenvalue weighted by Gasteiger charge is 2.30. The van der Waals surface area contributed by atoms with Gasteiger partial charge in [-0.1, -0.05) is 37.8 Å². The molecule has 0 spiro atoms. The largest absolute Gasteiger partial charge is 0.204 e. The Morgan fingerprint density at radius 1 is 0.786 bits per heavy atom. The normalized spacial score (nSPS) is 28.7. The first kappa shape index (κ1) is 21.5. The first-order chi connectivity index (χ1) is 13.6. The fourth-order valence-corrected chi connectivity index (χ4v) is 5.52. The number of aryl methyl sites for hydroxylation is 1. The maximum Gasteiger partial charge on any atom is 0.194 e. The molecular formula is C25H35F3. The first-order valence-corrected chi connectivity index (χ1v) is 11.3. The van der Waals surface area contributed by atoms with Gasteiger partial charge in [-0.2, -0.15) is 0 Å². The zero-order chi connectivity index (χ0) is 19.9. The van der Waals surface area contributed by atoms with Crippen LogP contribution >= 0.6 is 0 Å². The minimum atomic E-state index is -1.36. The zero-order valence-corrected chi connectivity index (χ0v) is 17.2. The van der Waals surface area contributed by atoms with Crippen molar-refractivity contribution in [3.8, 4) is 0 Å². The van der Waals surface area contributed by atoms with Gasteiger partial charge in [0.05, 0.1) is 0 Å². The number of rotatable bonds is 7. The monoisotopic (exact) mass is 392 g/mol. The molecule has 2 fully saturated rings. The van der Waals surface area contributed by atoms with Crippen molar-refractivity contribution in [2.24, 2.45) is 23.7 Å². The smallest absolute Gasteiger partial charge is 0.194 e. The summed E-state index contributed by atoms with van der Waals surface area (Å²) >= 11 is 0. The average Bonchev–Trinajstić information content (AvgIpc) is 2.71. The molecule has 3 rings (SSSR count). The summed E-state index contributed by atoms with van der Waals surface area (Å²) < 4.78 is 39.8. The van der Waals surface area contributed by atoms with E-state index in [1.165, 1.54) is 64.2 Å². The lowest BCUT2D eigenvalue weighted by Crippen LogP contribution is -2.26. The predicted molar refractivity (Wildman–Crippen MR) is 110 cm³/mol. The second kappa shape index (κ2) is 10.5. The standard InChI is InChI=1S/C25H35F3/c1-2-3-4-5-18-8-12-21(13-9-18)22-14-10-19(11-15-22)6-7-20-16-23(26)25(28)24(27)17-20/h2-3,16-19,21-22H,4-15H2,1H3. The van der Waals surface area contributed by atoms with E-state index in [1.54, 1.807) is 0 Å². The third kappa shape index (κ3) is 5.87. The van der Waals surface area contributed by atoms with E-state index in [9.17, 15) is 13.2 Å². The van der Waals surface area contributed by atoms with Crippen LogP contribution in [0.25, 0.3) is 0 Å². The lowest BCUT2D eigenvalue weighted by molar-refractivity contribution is 0.141. The Hall–Kier alpha value is -1.25. The average molecular weight is 393 g/mol. The summed E-state index contributed by atoms with van der Waals surface area (Å²) in [5.41, 5.74) is 0.578. The fourth-order valence-electron chi connectivity index (χ4n) is 5.52. The Balaban J connectivity index is 1.37. The maximum absolute atomic E-state index is 13.4. The fraction of sp³-hybridized carbons (Fsp3) is 0.680. The Morgan fingerprint density at radius 2 is 1.29 bits per heavy atom. The van der Waals surface area contributed by atoms with Crippen molar-refractivity contribution >= 4 is 0 Å². The van der Waals surface area contributed by atoms with E-state index in [2.05, 4.69) is 19.1 Å². The molecule has 0 aliphatic heterocycles. The Kier molecular flexibility index (Phi) is 8.05. The van der Waals surface area contributed by atoms with Gasteiger partial charge in [0.15, 0.2) is 17.5 Å². The molecule has 0 radical (unpaired) electrons. The number of halogens is 3. The SMILES string of the molecule is CC=CCCC1CCC(C2CCC(CCc3cc(F)c(F)c(F)c3)CC2)CC1. The third-order valence-corrected chi connectivity index (χ3v) is 7.31. The number of hydrogen-bond donors (Lipinski definition) is 0. The Bertz CT molecular complexity index is 612. The number of benzene rings is 1. The molecule has 3 heteroatoms. The minimum absolute atomic E-state index is 0.578. The van der Waals surface area contributed by atoms with Gasteiger partial charge < -0.3 is 0 Å². The van der Waals surface area contributed by atoms with E-state index in [0.29, 0.717) is 17.9 Å². The van der Waals surface area contributed by atoms with E-state index in [4.69, 9.17) is 0 Å². The van der Waals surface area contributed by atoms with E-state index >= 15 is 0 Å². The van der Waals surface area contributed by atoms with Crippen molar-refractivity contribution in [3.63, 3.8) is 0 Å². The number of hydrogen-bond acceptors (Lipinski definition) is 0. The van der Waals surface area contributed by atoms with Crippen LogP contribution in [0.1, 0.15) is 83.1 Å². The van der Waals surface area contributed by atoms with E-state index in [1.807, 2.05) is 0 Å². The molecular weight excluding hydrogens is 357 g/mol. The van der Waals surface area contributed by atoms with Crippen LogP contribution in [-0.4, -0.2) is 0 Å². The molecule has 0 bridgehead atoms. The lowest BCUT2D eigenvalue weighted by atomic mass is 9.68. The molecule has 2 aliphatic carbocycles. The molecule has 2 saturated carbocycles. The molecule has 0 saturated heterocycles. The molecule has 2 aliphatic rings. The molecule has 28 heavy (non-hydrogen) atoms. The van der Waals surface area contributed by atoms with Crippen molar-refractivity contribution in [2.45, 2.75) is 84.0 Å². The molecule has 0 atom stereocenters. The molecule has 0 N–H and O–H groups in total. The molecule has 0 aromatic heterocycles. The van der Waals surface area contributed by atoms with Gasteiger partial charge in [0.2, 0.25) is 0 Å².